The van der Waals surface area contributed by atoms with Gasteiger partial charge in [0, 0.05) is 32.7 Å². The van der Waals surface area contributed by atoms with Crippen LogP contribution in [0.2, 0.25) is 10.0 Å². The third-order valence-corrected chi connectivity index (χ3v) is 5.33. The van der Waals surface area contributed by atoms with E-state index in [1.165, 1.54) is 0 Å². The highest BCUT2D eigenvalue weighted by molar-refractivity contribution is 6.39. The van der Waals surface area contributed by atoms with Crippen molar-refractivity contribution in [2.45, 2.75) is 12.8 Å². The van der Waals surface area contributed by atoms with Crippen LogP contribution >= 0.6 is 35.6 Å². The van der Waals surface area contributed by atoms with Crippen molar-refractivity contribution in [1.82, 2.24) is 15.1 Å². The van der Waals surface area contributed by atoms with Crippen molar-refractivity contribution in [2.24, 2.45) is 5.92 Å². The predicted molar refractivity (Wildman–Crippen MR) is 102 cm³/mol. The van der Waals surface area contributed by atoms with Crippen molar-refractivity contribution in [3.05, 3.63) is 33.8 Å². The number of nitrogens with zero attached hydrogens (tertiary/aromatic N) is 2. The zero-order valence-corrected chi connectivity index (χ0v) is 16.2. The van der Waals surface area contributed by atoms with Gasteiger partial charge in [0.15, 0.2) is 0 Å². The van der Waals surface area contributed by atoms with E-state index in [4.69, 9.17) is 23.2 Å². The molecule has 0 bridgehead atoms. The van der Waals surface area contributed by atoms with Gasteiger partial charge in [-0.2, -0.15) is 0 Å². The van der Waals surface area contributed by atoms with Gasteiger partial charge >= 0.3 is 0 Å². The standard InChI is InChI=1S/C17H21Cl2N3O2.ClH/c18-13-4-1-5-14(19)15(13)17(24)22-9-7-21(8-10-22)16(23)12-3-2-6-20-11-12;/h1,4-5,12,20H,2-3,6-11H2;1H. The molecule has 1 N–H and O–H groups in total. The SMILES string of the molecule is Cl.O=C(c1c(Cl)cccc1Cl)N1CCN(C(=O)C2CCCNC2)CC1. The van der Waals surface area contributed by atoms with Crippen molar-refractivity contribution in [2.75, 3.05) is 39.3 Å². The molecule has 0 spiro atoms. The van der Waals surface area contributed by atoms with Crippen LogP contribution in [0, 0.1) is 5.92 Å². The third kappa shape index (κ3) is 4.59. The Kier molecular flexibility index (Phi) is 7.37. The van der Waals surface area contributed by atoms with Crippen LogP contribution < -0.4 is 5.32 Å². The Hall–Kier alpha value is -1.01. The number of carbonyl (C=O) groups is 2. The van der Waals surface area contributed by atoms with Crippen molar-refractivity contribution >= 4 is 47.4 Å². The van der Waals surface area contributed by atoms with E-state index >= 15 is 0 Å². The number of carbonyl (C=O) groups excluding carboxylic acids is 2. The molecule has 2 amide bonds. The fraction of sp³-hybridized carbons (Fsp3) is 0.529. The highest BCUT2D eigenvalue weighted by Crippen LogP contribution is 2.26. The monoisotopic (exact) mass is 405 g/mol. The van der Waals surface area contributed by atoms with Crippen molar-refractivity contribution < 1.29 is 9.59 Å². The second-order valence-corrected chi connectivity index (χ2v) is 7.07. The molecular weight excluding hydrogens is 385 g/mol. The van der Waals surface area contributed by atoms with E-state index < -0.39 is 0 Å². The summed E-state index contributed by atoms with van der Waals surface area (Å²) in [5, 5.41) is 4.00. The lowest BCUT2D eigenvalue weighted by molar-refractivity contribution is -0.137. The van der Waals surface area contributed by atoms with Crippen LogP contribution in [0.25, 0.3) is 0 Å². The molecule has 25 heavy (non-hydrogen) atoms. The Morgan fingerprint density at radius 2 is 1.64 bits per heavy atom. The maximum atomic E-state index is 12.7. The first-order valence-electron chi connectivity index (χ1n) is 8.30. The minimum atomic E-state index is -0.169. The summed E-state index contributed by atoms with van der Waals surface area (Å²) in [5.74, 6) is 0.0983. The molecule has 0 radical (unpaired) electrons. The predicted octanol–water partition coefficient (Wildman–Crippen LogP) is 2.70. The van der Waals surface area contributed by atoms with E-state index in [1.807, 2.05) is 4.90 Å². The first kappa shape index (κ1) is 20.3. The van der Waals surface area contributed by atoms with E-state index in [0.29, 0.717) is 41.8 Å². The Bertz CT molecular complexity index is 607. The van der Waals surface area contributed by atoms with Gasteiger partial charge in [-0.15, -0.1) is 12.4 Å². The summed E-state index contributed by atoms with van der Waals surface area (Å²) < 4.78 is 0. The minimum Gasteiger partial charge on any atom is -0.339 e. The lowest BCUT2D eigenvalue weighted by Gasteiger charge is -2.37. The molecule has 5 nitrogen and oxygen atoms in total. The minimum absolute atomic E-state index is 0. The molecule has 1 unspecified atom stereocenters. The number of amides is 2. The molecule has 1 aromatic rings. The smallest absolute Gasteiger partial charge is 0.257 e. The lowest BCUT2D eigenvalue weighted by atomic mass is 9.98. The second kappa shape index (κ2) is 9.08. The first-order chi connectivity index (χ1) is 11.6. The molecule has 2 heterocycles. The average Bonchev–Trinajstić information content (AvgIpc) is 2.62. The van der Waals surface area contributed by atoms with Gasteiger partial charge in [0.25, 0.3) is 5.91 Å². The normalized spacial score (nSPS) is 20.8. The summed E-state index contributed by atoms with van der Waals surface area (Å²) >= 11 is 12.2. The van der Waals surface area contributed by atoms with E-state index in [1.54, 1.807) is 23.1 Å². The van der Waals surface area contributed by atoms with Crippen molar-refractivity contribution in [3.63, 3.8) is 0 Å². The summed E-state index contributed by atoms with van der Waals surface area (Å²) in [4.78, 5) is 28.8. The summed E-state index contributed by atoms with van der Waals surface area (Å²) in [5.41, 5.74) is 0.345. The molecule has 0 aliphatic carbocycles. The van der Waals surface area contributed by atoms with Gasteiger partial charge < -0.3 is 15.1 Å². The van der Waals surface area contributed by atoms with Crippen LogP contribution in [0.4, 0.5) is 0 Å². The number of nitrogens with one attached hydrogen (secondary N) is 1. The van der Waals surface area contributed by atoms with Crippen LogP contribution in [0.15, 0.2) is 18.2 Å². The van der Waals surface area contributed by atoms with E-state index in [0.717, 1.165) is 25.9 Å². The van der Waals surface area contributed by atoms with Crippen LogP contribution in [-0.2, 0) is 4.79 Å². The lowest BCUT2D eigenvalue weighted by Crippen LogP contribution is -2.53. The highest BCUT2D eigenvalue weighted by Gasteiger charge is 2.30. The Labute approximate surface area is 164 Å². The molecule has 0 aromatic heterocycles. The van der Waals surface area contributed by atoms with Gasteiger partial charge in [0.05, 0.1) is 21.5 Å². The van der Waals surface area contributed by atoms with E-state index in [-0.39, 0.29) is 30.1 Å². The maximum Gasteiger partial charge on any atom is 0.257 e. The van der Waals surface area contributed by atoms with Crippen LogP contribution in [0.1, 0.15) is 23.2 Å². The molecule has 2 saturated heterocycles. The summed E-state index contributed by atoms with van der Waals surface area (Å²) in [7, 11) is 0. The van der Waals surface area contributed by atoms with Crippen molar-refractivity contribution in [1.29, 1.82) is 0 Å². The molecule has 2 aliphatic rings. The first-order valence-corrected chi connectivity index (χ1v) is 9.06. The number of piperidine rings is 1. The molecule has 138 valence electrons. The molecule has 2 aliphatic heterocycles. The third-order valence-electron chi connectivity index (χ3n) is 4.70. The van der Waals surface area contributed by atoms with E-state index in [9.17, 15) is 9.59 Å². The van der Waals surface area contributed by atoms with Crippen LogP contribution in [0.5, 0.6) is 0 Å². The number of benzene rings is 1. The van der Waals surface area contributed by atoms with Gasteiger partial charge in [-0.05, 0) is 31.5 Å². The number of piperazine rings is 1. The molecule has 2 fully saturated rings. The molecule has 0 saturated carbocycles. The van der Waals surface area contributed by atoms with Gasteiger partial charge in [-0.25, -0.2) is 0 Å². The summed E-state index contributed by atoms with van der Waals surface area (Å²) in [6.07, 6.45) is 1.99. The topological polar surface area (TPSA) is 52.7 Å². The largest absolute Gasteiger partial charge is 0.339 e. The molecule has 1 atom stereocenters. The van der Waals surface area contributed by atoms with Crippen LogP contribution in [0.3, 0.4) is 0 Å². The quantitative estimate of drug-likeness (QED) is 0.821. The van der Waals surface area contributed by atoms with Gasteiger partial charge in [0.1, 0.15) is 0 Å². The van der Waals surface area contributed by atoms with Gasteiger partial charge in [0.2, 0.25) is 5.91 Å². The summed E-state index contributed by atoms with van der Waals surface area (Å²) in [6, 6.07) is 5.04. The fourth-order valence-corrected chi connectivity index (χ4v) is 3.87. The molecule has 3 rings (SSSR count). The zero-order valence-electron chi connectivity index (χ0n) is 13.8. The maximum absolute atomic E-state index is 12.7. The summed E-state index contributed by atoms with van der Waals surface area (Å²) in [6.45, 7) is 3.88. The average molecular weight is 407 g/mol. The molecular formula is C17H22Cl3N3O2. The molecule has 8 heteroatoms. The number of rotatable bonds is 2. The Morgan fingerprint density at radius 3 is 2.20 bits per heavy atom. The van der Waals surface area contributed by atoms with Gasteiger partial charge in [-0.3, -0.25) is 9.59 Å². The number of hydrogen-bond donors (Lipinski definition) is 1. The second-order valence-electron chi connectivity index (χ2n) is 6.26. The molecule has 1 aromatic carbocycles. The number of hydrogen-bond acceptors (Lipinski definition) is 3. The Balaban J connectivity index is 0.00000225. The highest BCUT2D eigenvalue weighted by atomic mass is 35.5. The Morgan fingerprint density at radius 1 is 1.04 bits per heavy atom. The van der Waals surface area contributed by atoms with Crippen LogP contribution in [-0.4, -0.2) is 60.9 Å². The van der Waals surface area contributed by atoms with E-state index in [2.05, 4.69) is 5.32 Å². The van der Waals surface area contributed by atoms with Gasteiger partial charge in [-0.1, -0.05) is 29.3 Å². The van der Waals surface area contributed by atoms with Crippen molar-refractivity contribution in [3.8, 4) is 0 Å². The fourth-order valence-electron chi connectivity index (χ4n) is 3.31. The zero-order chi connectivity index (χ0) is 17.1. The number of halogens is 3.